The number of hydrogen-bond donors (Lipinski definition) is 1. The first-order chi connectivity index (χ1) is 15.2. The number of anilines is 2. The van der Waals surface area contributed by atoms with Gasteiger partial charge in [-0.3, -0.25) is 19.3 Å². The Morgan fingerprint density at radius 3 is 2.28 bits per heavy atom. The normalized spacial score (nSPS) is 18.0. The average Bonchev–Trinajstić information content (AvgIpc) is 3.31. The van der Waals surface area contributed by atoms with Crippen LogP contribution in [0, 0.1) is 0 Å². The van der Waals surface area contributed by atoms with E-state index < -0.39 is 29.6 Å². The molecule has 0 unspecified atom stereocenters. The number of imide groups is 1. The molecule has 0 aromatic heterocycles. The first-order valence-corrected chi connectivity index (χ1v) is 10.5. The predicted octanol–water partition coefficient (Wildman–Crippen LogP) is 3.83. The molecular formula is C24H25N3O5. The Labute approximate surface area is 186 Å². The third kappa shape index (κ3) is 4.08. The second-order valence-corrected chi connectivity index (χ2v) is 8.86. The molecule has 0 spiro atoms. The second-order valence-electron chi connectivity index (χ2n) is 8.86. The van der Waals surface area contributed by atoms with Crippen molar-refractivity contribution in [3.8, 4) is 0 Å². The second kappa shape index (κ2) is 8.11. The van der Waals surface area contributed by atoms with Crippen molar-refractivity contribution in [2.75, 3.05) is 16.8 Å². The summed E-state index contributed by atoms with van der Waals surface area (Å²) in [6, 6.07) is 12.6. The minimum Gasteiger partial charge on any atom is -0.444 e. The molecule has 8 heteroatoms. The number of rotatable bonds is 3. The van der Waals surface area contributed by atoms with Crippen molar-refractivity contribution in [3.63, 3.8) is 0 Å². The molecule has 1 N–H and O–H groups in total. The summed E-state index contributed by atoms with van der Waals surface area (Å²) in [5.74, 6) is -1.14. The zero-order valence-corrected chi connectivity index (χ0v) is 18.3. The van der Waals surface area contributed by atoms with E-state index in [0.29, 0.717) is 41.9 Å². The van der Waals surface area contributed by atoms with E-state index in [2.05, 4.69) is 5.32 Å². The first kappa shape index (κ1) is 21.5. The average molecular weight is 435 g/mol. The molecular weight excluding hydrogens is 410 g/mol. The van der Waals surface area contributed by atoms with Gasteiger partial charge in [0.2, 0.25) is 5.91 Å². The van der Waals surface area contributed by atoms with Gasteiger partial charge in [-0.15, -0.1) is 0 Å². The Balaban J connectivity index is 1.50. The van der Waals surface area contributed by atoms with Gasteiger partial charge in [0.1, 0.15) is 11.6 Å². The van der Waals surface area contributed by atoms with Gasteiger partial charge in [-0.05, 0) is 63.9 Å². The van der Waals surface area contributed by atoms with Crippen molar-refractivity contribution in [1.29, 1.82) is 0 Å². The van der Waals surface area contributed by atoms with Crippen LogP contribution in [0.2, 0.25) is 0 Å². The molecule has 0 bridgehead atoms. The summed E-state index contributed by atoms with van der Waals surface area (Å²) in [6.45, 7) is 5.78. The smallest absolute Gasteiger partial charge is 0.410 e. The number of benzene rings is 2. The van der Waals surface area contributed by atoms with Gasteiger partial charge in [-0.1, -0.05) is 18.2 Å². The number of ether oxygens (including phenoxy) is 1. The van der Waals surface area contributed by atoms with E-state index in [0.717, 1.165) is 4.90 Å². The van der Waals surface area contributed by atoms with Crippen molar-refractivity contribution in [2.24, 2.45) is 0 Å². The van der Waals surface area contributed by atoms with E-state index in [1.807, 2.05) is 0 Å². The molecule has 166 valence electrons. The summed E-state index contributed by atoms with van der Waals surface area (Å²) in [7, 11) is 0. The molecule has 2 aromatic rings. The molecule has 1 fully saturated rings. The molecule has 2 aliphatic rings. The first-order valence-electron chi connectivity index (χ1n) is 10.5. The highest BCUT2D eigenvalue weighted by molar-refractivity contribution is 6.34. The standard InChI is InChI=1S/C24H25N3O5/c1-24(2,3)32-23(31)26-13-7-12-19(26)20(28)25-15-8-6-9-16(14-15)27-21(29)17-10-4-5-11-18(17)22(27)30/h4-6,8-11,14,19H,7,12-13H2,1-3H3,(H,25,28)/t19-/m0/s1. The molecule has 1 atom stereocenters. The Hall–Kier alpha value is -3.68. The van der Waals surface area contributed by atoms with Gasteiger partial charge >= 0.3 is 6.09 Å². The van der Waals surface area contributed by atoms with Gasteiger partial charge in [-0.2, -0.15) is 0 Å². The molecule has 8 nitrogen and oxygen atoms in total. The highest BCUT2D eigenvalue weighted by Gasteiger charge is 2.38. The van der Waals surface area contributed by atoms with E-state index in [9.17, 15) is 19.2 Å². The number of carbonyl (C=O) groups excluding carboxylic acids is 4. The molecule has 4 amide bonds. The molecule has 2 aromatic carbocycles. The third-order valence-electron chi connectivity index (χ3n) is 5.35. The fourth-order valence-corrected chi connectivity index (χ4v) is 3.95. The molecule has 4 rings (SSSR count). The van der Waals surface area contributed by atoms with Crippen LogP contribution in [0.25, 0.3) is 0 Å². The van der Waals surface area contributed by atoms with Gasteiger partial charge in [0, 0.05) is 12.2 Å². The lowest BCUT2D eigenvalue weighted by Gasteiger charge is -2.28. The zero-order valence-electron chi connectivity index (χ0n) is 18.3. The Morgan fingerprint density at radius 2 is 1.66 bits per heavy atom. The number of amides is 4. The van der Waals surface area contributed by atoms with Crippen LogP contribution in [0.4, 0.5) is 16.2 Å². The Kier molecular flexibility index (Phi) is 5.46. The topological polar surface area (TPSA) is 96.0 Å². The van der Waals surface area contributed by atoms with Crippen LogP contribution in [-0.4, -0.2) is 46.9 Å². The summed E-state index contributed by atoms with van der Waals surface area (Å²) in [5, 5.41) is 2.81. The van der Waals surface area contributed by atoms with Crippen molar-refractivity contribution >= 4 is 35.2 Å². The lowest BCUT2D eigenvalue weighted by Crippen LogP contribution is -2.45. The molecule has 2 aliphatic heterocycles. The monoisotopic (exact) mass is 435 g/mol. The maximum Gasteiger partial charge on any atom is 0.410 e. The van der Waals surface area contributed by atoms with Gasteiger partial charge in [0.05, 0.1) is 16.8 Å². The minimum absolute atomic E-state index is 0.340. The number of likely N-dealkylation sites (tertiary alicyclic amines) is 1. The number of nitrogens with zero attached hydrogens (tertiary/aromatic N) is 2. The molecule has 0 saturated carbocycles. The number of nitrogens with one attached hydrogen (secondary N) is 1. The van der Waals surface area contributed by atoms with Gasteiger partial charge in [0.15, 0.2) is 0 Å². The summed E-state index contributed by atoms with van der Waals surface area (Å²) in [6.07, 6.45) is 0.713. The van der Waals surface area contributed by atoms with Crippen LogP contribution in [0.15, 0.2) is 48.5 Å². The van der Waals surface area contributed by atoms with Crippen molar-refractivity contribution in [3.05, 3.63) is 59.7 Å². The molecule has 2 heterocycles. The summed E-state index contributed by atoms with van der Waals surface area (Å²) in [5.41, 5.74) is 0.850. The van der Waals surface area contributed by atoms with E-state index in [-0.39, 0.29) is 5.91 Å². The Morgan fingerprint density at radius 1 is 1.00 bits per heavy atom. The van der Waals surface area contributed by atoms with Crippen LogP contribution in [0.5, 0.6) is 0 Å². The van der Waals surface area contributed by atoms with Crippen molar-refractivity contribution in [1.82, 2.24) is 4.90 Å². The molecule has 0 radical (unpaired) electrons. The largest absolute Gasteiger partial charge is 0.444 e. The SMILES string of the molecule is CC(C)(C)OC(=O)N1CCC[C@H]1C(=O)Nc1cccc(N2C(=O)c3ccccc3C2=O)c1. The number of carbonyl (C=O) groups is 4. The van der Waals surface area contributed by atoms with Gasteiger partial charge in [-0.25, -0.2) is 9.69 Å². The quantitative estimate of drug-likeness (QED) is 0.740. The maximum atomic E-state index is 12.9. The van der Waals surface area contributed by atoms with Crippen LogP contribution < -0.4 is 10.2 Å². The van der Waals surface area contributed by atoms with Crippen LogP contribution >= 0.6 is 0 Å². The lowest BCUT2D eigenvalue weighted by atomic mass is 10.1. The summed E-state index contributed by atoms with van der Waals surface area (Å²) in [4.78, 5) is 53.4. The molecule has 1 saturated heterocycles. The van der Waals surface area contributed by atoms with E-state index in [1.54, 1.807) is 69.3 Å². The van der Waals surface area contributed by atoms with E-state index >= 15 is 0 Å². The highest BCUT2D eigenvalue weighted by atomic mass is 16.6. The van der Waals surface area contributed by atoms with Crippen LogP contribution in [-0.2, 0) is 9.53 Å². The van der Waals surface area contributed by atoms with Crippen LogP contribution in [0.1, 0.15) is 54.3 Å². The highest BCUT2D eigenvalue weighted by Crippen LogP contribution is 2.30. The third-order valence-corrected chi connectivity index (χ3v) is 5.35. The molecule has 0 aliphatic carbocycles. The van der Waals surface area contributed by atoms with Gasteiger partial charge in [0.25, 0.3) is 11.8 Å². The number of hydrogen-bond acceptors (Lipinski definition) is 5. The van der Waals surface area contributed by atoms with Crippen LogP contribution in [0.3, 0.4) is 0 Å². The number of fused-ring (bicyclic) bond motifs is 1. The Bertz CT molecular complexity index is 1070. The molecule has 32 heavy (non-hydrogen) atoms. The predicted molar refractivity (Wildman–Crippen MR) is 119 cm³/mol. The van der Waals surface area contributed by atoms with E-state index in [4.69, 9.17) is 4.74 Å². The summed E-state index contributed by atoms with van der Waals surface area (Å²) >= 11 is 0. The zero-order chi connectivity index (χ0) is 23.0. The van der Waals surface area contributed by atoms with Crippen molar-refractivity contribution in [2.45, 2.75) is 45.3 Å². The maximum absolute atomic E-state index is 12.9. The fourth-order valence-electron chi connectivity index (χ4n) is 3.95. The van der Waals surface area contributed by atoms with Crippen molar-refractivity contribution < 1.29 is 23.9 Å². The minimum atomic E-state index is -0.651. The van der Waals surface area contributed by atoms with E-state index in [1.165, 1.54) is 4.90 Å². The lowest BCUT2D eigenvalue weighted by molar-refractivity contribution is -0.120. The fraction of sp³-hybridized carbons (Fsp3) is 0.333. The van der Waals surface area contributed by atoms with Gasteiger partial charge < -0.3 is 10.1 Å². The summed E-state index contributed by atoms with van der Waals surface area (Å²) < 4.78 is 5.42.